The largest absolute Gasteiger partial charge is 0.497 e. The fourth-order valence-corrected chi connectivity index (χ4v) is 4.02. The van der Waals surface area contributed by atoms with Gasteiger partial charge in [-0.3, -0.25) is 9.10 Å². The van der Waals surface area contributed by atoms with Crippen LogP contribution in [-0.4, -0.2) is 41.8 Å². The van der Waals surface area contributed by atoms with Crippen molar-refractivity contribution in [3.63, 3.8) is 0 Å². The second kappa shape index (κ2) is 8.77. The second-order valence-corrected chi connectivity index (χ2v) is 7.51. The maximum Gasteiger partial charge on any atom is 0.326 e. The van der Waals surface area contributed by atoms with Crippen molar-refractivity contribution in [2.75, 3.05) is 31.7 Å². The van der Waals surface area contributed by atoms with E-state index in [0.29, 0.717) is 22.7 Å². The third kappa shape index (κ3) is 4.71. The normalized spacial score (nSPS) is 11.0. The van der Waals surface area contributed by atoms with Gasteiger partial charge in [0.2, 0.25) is 0 Å². The fraction of sp³-hybridized carbons (Fsp3) is 0.316. The molecule has 2 aromatic carbocycles. The van der Waals surface area contributed by atoms with Crippen LogP contribution in [0.1, 0.15) is 12.5 Å². The molecule has 146 valence electrons. The van der Waals surface area contributed by atoms with Crippen LogP contribution < -0.4 is 13.8 Å². The van der Waals surface area contributed by atoms with Gasteiger partial charge in [-0.15, -0.1) is 0 Å². The van der Waals surface area contributed by atoms with E-state index in [4.69, 9.17) is 14.2 Å². The molecule has 0 aliphatic rings. The highest BCUT2D eigenvalue weighted by atomic mass is 32.2. The van der Waals surface area contributed by atoms with Crippen molar-refractivity contribution >= 4 is 21.7 Å². The minimum absolute atomic E-state index is 0.0564. The van der Waals surface area contributed by atoms with Gasteiger partial charge < -0.3 is 14.2 Å². The van der Waals surface area contributed by atoms with E-state index < -0.39 is 22.5 Å². The van der Waals surface area contributed by atoms with Gasteiger partial charge in [0.05, 0.1) is 31.4 Å². The van der Waals surface area contributed by atoms with Crippen molar-refractivity contribution in [3.05, 3.63) is 48.0 Å². The Labute approximate surface area is 159 Å². The zero-order valence-electron chi connectivity index (χ0n) is 15.8. The second-order valence-electron chi connectivity index (χ2n) is 5.65. The minimum Gasteiger partial charge on any atom is -0.497 e. The molecule has 0 unspecified atom stereocenters. The van der Waals surface area contributed by atoms with Crippen LogP contribution in [0.2, 0.25) is 0 Å². The van der Waals surface area contributed by atoms with Crippen LogP contribution in [-0.2, 0) is 19.6 Å². The van der Waals surface area contributed by atoms with Gasteiger partial charge in [0, 0.05) is 0 Å². The molecule has 0 radical (unpaired) electrons. The smallest absolute Gasteiger partial charge is 0.326 e. The van der Waals surface area contributed by atoms with Crippen LogP contribution in [0.4, 0.5) is 5.69 Å². The van der Waals surface area contributed by atoms with Crippen LogP contribution in [0.15, 0.2) is 47.4 Å². The van der Waals surface area contributed by atoms with Gasteiger partial charge in [0.15, 0.2) is 0 Å². The summed E-state index contributed by atoms with van der Waals surface area (Å²) in [6.45, 7) is 3.14. The number of hydrogen-bond acceptors (Lipinski definition) is 6. The average molecular weight is 393 g/mol. The molecule has 0 aromatic heterocycles. The molecule has 2 aromatic rings. The Bertz CT molecular complexity index is 893. The number of carbonyl (C=O) groups excluding carboxylic acids is 1. The van der Waals surface area contributed by atoms with E-state index in [9.17, 15) is 13.2 Å². The van der Waals surface area contributed by atoms with Gasteiger partial charge in [0.1, 0.15) is 18.0 Å². The van der Waals surface area contributed by atoms with Crippen molar-refractivity contribution in [1.82, 2.24) is 0 Å². The van der Waals surface area contributed by atoms with Crippen molar-refractivity contribution in [2.45, 2.75) is 18.7 Å². The standard InChI is InChI=1S/C19H23NO6S/c1-5-26-19(21)13-20(15-6-8-16(24-3)9-7-15)27(22,23)17-10-11-18(25-4)14(2)12-17/h6-12H,5,13H2,1-4H3. The van der Waals surface area contributed by atoms with Gasteiger partial charge in [0.25, 0.3) is 10.0 Å². The van der Waals surface area contributed by atoms with Crippen LogP contribution in [0.3, 0.4) is 0 Å². The van der Waals surface area contributed by atoms with Crippen molar-refractivity contribution in [3.8, 4) is 11.5 Å². The molecule has 0 saturated carbocycles. The van der Waals surface area contributed by atoms with Crippen LogP contribution in [0.25, 0.3) is 0 Å². The molecule has 0 N–H and O–H groups in total. The summed E-state index contributed by atoms with van der Waals surface area (Å²) in [6, 6.07) is 10.9. The number of carbonyl (C=O) groups is 1. The third-order valence-electron chi connectivity index (χ3n) is 3.89. The predicted octanol–water partition coefficient (Wildman–Crippen LogP) is 2.77. The minimum atomic E-state index is -4.00. The first-order valence-electron chi connectivity index (χ1n) is 8.30. The first kappa shape index (κ1) is 20.6. The molecular formula is C19H23NO6S. The predicted molar refractivity (Wildman–Crippen MR) is 102 cm³/mol. The number of esters is 1. The summed E-state index contributed by atoms with van der Waals surface area (Å²) < 4.78 is 42.7. The Morgan fingerprint density at radius 3 is 2.22 bits per heavy atom. The fourth-order valence-electron chi connectivity index (χ4n) is 2.53. The summed E-state index contributed by atoms with van der Waals surface area (Å²) in [5.74, 6) is 0.519. The maximum atomic E-state index is 13.2. The number of hydrogen-bond donors (Lipinski definition) is 0. The van der Waals surface area contributed by atoms with Crippen LogP contribution >= 0.6 is 0 Å². The highest BCUT2D eigenvalue weighted by molar-refractivity contribution is 7.92. The molecule has 0 heterocycles. The highest BCUT2D eigenvalue weighted by Gasteiger charge is 2.28. The summed E-state index contributed by atoms with van der Waals surface area (Å²) in [4.78, 5) is 12.1. The molecule has 8 heteroatoms. The average Bonchev–Trinajstić information content (AvgIpc) is 2.66. The van der Waals surface area contributed by atoms with Crippen LogP contribution in [0.5, 0.6) is 11.5 Å². The molecule has 0 fully saturated rings. The Kier molecular flexibility index (Phi) is 6.68. The van der Waals surface area contributed by atoms with E-state index >= 15 is 0 Å². The molecule has 2 rings (SSSR count). The summed E-state index contributed by atoms with van der Waals surface area (Å²) in [5, 5.41) is 0. The lowest BCUT2D eigenvalue weighted by molar-refractivity contribution is -0.141. The summed E-state index contributed by atoms with van der Waals surface area (Å²) in [5.41, 5.74) is 1.00. The zero-order chi connectivity index (χ0) is 20.0. The molecule has 0 atom stereocenters. The number of aryl methyl sites for hydroxylation is 1. The number of sulfonamides is 1. The third-order valence-corrected chi connectivity index (χ3v) is 5.66. The number of benzene rings is 2. The van der Waals surface area contributed by atoms with Gasteiger partial charge in [-0.2, -0.15) is 0 Å². The lowest BCUT2D eigenvalue weighted by atomic mass is 10.2. The van der Waals surface area contributed by atoms with Gasteiger partial charge >= 0.3 is 5.97 Å². The number of methoxy groups -OCH3 is 2. The van der Waals surface area contributed by atoms with E-state index in [2.05, 4.69) is 0 Å². The van der Waals surface area contributed by atoms with E-state index in [1.54, 1.807) is 44.2 Å². The van der Waals surface area contributed by atoms with Gasteiger partial charge in [-0.1, -0.05) is 0 Å². The summed E-state index contributed by atoms with van der Waals surface area (Å²) in [7, 11) is -0.967. The SMILES string of the molecule is CCOC(=O)CN(c1ccc(OC)cc1)S(=O)(=O)c1ccc(OC)c(C)c1. The first-order valence-corrected chi connectivity index (χ1v) is 9.74. The molecule has 0 saturated heterocycles. The topological polar surface area (TPSA) is 82.1 Å². The number of ether oxygens (including phenoxy) is 3. The monoisotopic (exact) mass is 393 g/mol. The lowest BCUT2D eigenvalue weighted by Gasteiger charge is -2.24. The van der Waals surface area contributed by atoms with Crippen LogP contribution in [0, 0.1) is 6.92 Å². The zero-order valence-corrected chi connectivity index (χ0v) is 16.6. The van der Waals surface area contributed by atoms with Crippen molar-refractivity contribution in [2.24, 2.45) is 0 Å². The van der Waals surface area contributed by atoms with Crippen molar-refractivity contribution < 1.29 is 27.4 Å². The number of rotatable bonds is 8. The molecule has 7 nitrogen and oxygen atoms in total. The van der Waals surface area contributed by atoms with Crippen molar-refractivity contribution in [1.29, 1.82) is 0 Å². The number of anilines is 1. The number of nitrogens with zero attached hydrogens (tertiary/aromatic N) is 1. The molecular weight excluding hydrogens is 370 g/mol. The molecule has 0 aliphatic heterocycles. The molecule has 0 aliphatic carbocycles. The molecule has 0 spiro atoms. The first-order chi connectivity index (χ1) is 12.8. The van der Waals surface area contributed by atoms with E-state index in [1.165, 1.54) is 26.4 Å². The highest BCUT2D eigenvalue weighted by Crippen LogP contribution is 2.28. The van der Waals surface area contributed by atoms with E-state index in [0.717, 1.165) is 4.31 Å². The quantitative estimate of drug-likeness (QED) is 0.642. The van der Waals surface area contributed by atoms with E-state index in [-0.39, 0.29) is 11.5 Å². The maximum absolute atomic E-state index is 13.2. The van der Waals surface area contributed by atoms with Gasteiger partial charge in [-0.05, 0) is 61.9 Å². The molecule has 0 bridgehead atoms. The van der Waals surface area contributed by atoms with E-state index in [1.807, 2.05) is 0 Å². The Balaban J connectivity index is 2.49. The molecule has 0 amide bonds. The molecule has 27 heavy (non-hydrogen) atoms. The Hall–Kier alpha value is -2.74. The summed E-state index contributed by atoms with van der Waals surface area (Å²) >= 11 is 0. The summed E-state index contributed by atoms with van der Waals surface area (Å²) in [6.07, 6.45) is 0. The Morgan fingerprint density at radius 1 is 1.04 bits per heavy atom. The van der Waals surface area contributed by atoms with Gasteiger partial charge in [-0.25, -0.2) is 8.42 Å². The Morgan fingerprint density at radius 2 is 1.70 bits per heavy atom. The lowest BCUT2D eigenvalue weighted by Crippen LogP contribution is -2.36.